The summed E-state index contributed by atoms with van der Waals surface area (Å²) in [5.41, 5.74) is 0.413. The zero-order valence-corrected chi connectivity index (χ0v) is 23.9. The van der Waals surface area contributed by atoms with Crippen molar-refractivity contribution in [1.29, 1.82) is 0 Å². The summed E-state index contributed by atoms with van der Waals surface area (Å²) in [6, 6.07) is 8.56. The lowest BCUT2D eigenvalue weighted by molar-refractivity contribution is -0.122. The van der Waals surface area contributed by atoms with Crippen LogP contribution in [0.5, 0.6) is 11.5 Å². The van der Waals surface area contributed by atoms with E-state index in [1.807, 2.05) is 0 Å². The van der Waals surface area contributed by atoms with E-state index >= 15 is 0 Å². The van der Waals surface area contributed by atoms with Crippen LogP contribution in [0.1, 0.15) is 41.4 Å². The maximum absolute atomic E-state index is 13.0. The number of aliphatic hydroxyl groups excluding tert-OH is 1. The third-order valence-corrected chi connectivity index (χ3v) is 6.96. The molecule has 4 rings (SSSR count). The van der Waals surface area contributed by atoms with Crippen LogP contribution in [0, 0.1) is 11.8 Å². The van der Waals surface area contributed by atoms with Crippen molar-refractivity contribution < 1.29 is 52.8 Å². The number of methoxy groups -OCH3 is 2. The number of carbonyl (C=O) groups excluding carboxylic acids is 5. The van der Waals surface area contributed by atoms with E-state index in [2.05, 4.69) is 10.6 Å². The van der Waals surface area contributed by atoms with Crippen molar-refractivity contribution in [1.82, 2.24) is 10.6 Å². The molecule has 2 aromatic carbocycles. The minimum absolute atomic E-state index is 0.0480. The number of aliphatic hydroxyl groups is 1. The Bertz CT molecular complexity index is 1380. The molecule has 3 N–H and O–H groups in total. The zero-order chi connectivity index (χ0) is 30.9. The van der Waals surface area contributed by atoms with Crippen LogP contribution in [-0.2, 0) is 23.7 Å². The van der Waals surface area contributed by atoms with E-state index < -0.39 is 47.1 Å². The molecule has 1 amide bonds. The molecule has 230 valence electrons. The highest BCUT2D eigenvalue weighted by Gasteiger charge is 2.44. The minimum Gasteiger partial charge on any atom is -0.457 e. The Labute approximate surface area is 247 Å². The maximum Gasteiger partial charge on any atom is 0.239 e. The Balaban J connectivity index is 1.37. The highest BCUT2D eigenvalue weighted by molar-refractivity contribution is 6.35. The van der Waals surface area contributed by atoms with Gasteiger partial charge in [-0.25, -0.2) is 0 Å². The van der Waals surface area contributed by atoms with Crippen molar-refractivity contribution in [3.05, 3.63) is 58.7 Å². The molecule has 2 aliphatic carbocycles. The van der Waals surface area contributed by atoms with Gasteiger partial charge in [0.05, 0.1) is 39.6 Å². The molecule has 0 aromatic heterocycles. The predicted octanol–water partition coefficient (Wildman–Crippen LogP) is 0.820. The Morgan fingerprint density at radius 1 is 0.721 bits per heavy atom. The number of benzene rings is 2. The summed E-state index contributed by atoms with van der Waals surface area (Å²) in [6.45, 7) is 2.35. The smallest absolute Gasteiger partial charge is 0.239 e. The fourth-order valence-corrected chi connectivity index (χ4v) is 4.79. The summed E-state index contributed by atoms with van der Waals surface area (Å²) in [7, 11) is 3.09. The Hall–Kier alpha value is -3.85. The number of amides is 1. The van der Waals surface area contributed by atoms with E-state index in [4.69, 9.17) is 23.7 Å². The lowest BCUT2D eigenvalue weighted by atomic mass is 10.0. The highest BCUT2D eigenvalue weighted by Crippen LogP contribution is 2.35. The van der Waals surface area contributed by atoms with Gasteiger partial charge in [0.1, 0.15) is 23.6 Å². The van der Waals surface area contributed by atoms with E-state index in [-0.39, 0.29) is 60.1 Å². The van der Waals surface area contributed by atoms with Crippen molar-refractivity contribution in [3.8, 4) is 11.5 Å². The summed E-state index contributed by atoms with van der Waals surface area (Å²) < 4.78 is 26.2. The second-order valence-electron chi connectivity index (χ2n) is 9.78. The van der Waals surface area contributed by atoms with E-state index in [0.29, 0.717) is 26.4 Å². The van der Waals surface area contributed by atoms with Crippen LogP contribution in [-0.4, -0.2) is 107 Å². The van der Waals surface area contributed by atoms with E-state index in [1.165, 1.54) is 43.5 Å². The number of hydrogen-bond acceptors (Lipinski definition) is 12. The molecule has 3 unspecified atom stereocenters. The third-order valence-electron chi connectivity index (χ3n) is 6.96. The first-order valence-corrected chi connectivity index (χ1v) is 13.7. The van der Waals surface area contributed by atoms with Crippen LogP contribution >= 0.6 is 0 Å². The topological polar surface area (TPSA) is 176 Å². The maximum atomic E-state index is 13.0. The molecule has 0 saturated heterocycles. The average Bonchev–Trinajstić information content (AvgIpc) is 3.39. The number of fused-ring (bicyclic) bond motifs is 2. The van der Waals surface area contributed by atoms with Crippen molar-refractivity contribution in [2.45, 2.75) is 6.23 Å². The van der Waals surface area contributed by atoms with Gasteiger partial charge in [-0.3, -0.25) is 29.3 Å². The van der Waals surface area contributed by atoms with Crippen LogP contribution in [0.2, 0.25) is 0 Å². The number of hydrogen-bond donors (Lipinski definition) is 3. The number of ether oxygens (including phenoxy) is 5. The molecule has 43 heavy (non-hydrogen) atoms. The predicted molar refractivity (Wildman–Crippen MR) is 150 cm³/mol. The normalized spacial score (nSPS) is 18.1. The number of nitrogens with one attached hydrogen (secondary N) is 2. The monoisotopic (exact) mass is 598 g/mol. The molecule has 2 aromatic rings. The average molecular weight is 599 g/mol. The van der Waals surface area contributed by atoms with Gasteiger partial charge in [-0.05, 0) is 36.4 Å². The lowest BCUT2D eigenvalue weighted by Gasteiger charge is -2.17. The molecule has 13 heteroatoms. The summed E-state index contributed by atoms with van der Waals surface area (Å²) >= 11 is 0. The Morgan fingerprint density at radius 2 is 1.23 bits per heavy atom. The largest absolute Gasteiger partial charge is 0.457 e. The van der Waals surface area contributed by atoms with Gasteiger partial charge in [-0.2, -0.15) is 0 Å². The second-order valence-corrected chi connectivity index (χ2v) is 9.78. The molecular formula is C30H34N2O11. The highest BCUT2D eigenvalue weighted by atomic mass is 16.5. The zero-order valence-electron chi connectivity index (χ0n) is 23.9. The van der Waals surface area contributed by atoms with Crippen molar-refractivity contribution >= 4 is 29.0 Å². The first-order valence-electron chi connectivity index (χ1n) is 13.7. The quantitative estimate of drug-likeness (QED) is 0.133. The number of Topliss-reactive ketones (excluding diaryl/α,β-unsaturated/α-hetero) is 4. The van der Waals surface area contributed by atoms with Crippen molar-refractivity contribution in [2.24, 2.45) is 11.8 Å². The summed E-state index contributed by atoms with van der Waals surface area (Å²) in [5, 5.41) is 15.8. The first kappa shape index (κ1) is 32.1. The molecule has 0 radical (unpaired) electrons. The van der Waals surface area contributed by atoms with Gasteiger partial charge in [-0.15, -0.1) is 0 Å². The number of carbonyl (C=O) groups is 5. The van der Waals surface area contributed by atoms with Gasteiger partial charge in [0.25, 0.3) is 0 Å². The second kappa shape index (κ2) is 15.0. The van der Waals surface area contributed by atoms with Gasteiger partial charge in [0, 0.05) is 49.6 Å². The van der Waals surface area contributed by atoms with Crippen molar-refractivity contribution in [3.63, 3.8) is 0 Å². The summed E-state index contributed by atoms with van der Waals surface area (Å²) in [5.74, 6) is -5.45. The van der Waals surface area contributed by atoms with Crippen LogP contribution < -0.4 is 15.4 Å². The molecule has 0 saturated carbocycles. The molecule has 0 aliphatic heterocycles. The van der Waals surface area contributed by atoms with E-state index in [9.17, 15) is 29.1 Å². The van der Waals surface area contributed by atoms with Crippen LogP contribution in [0.15, 0.2) is 36.4 Å². The third kappa shape index (κ3) is 7.39. The lowest BCUT2D eigenvalue weighted by Crippen LogP contribution is -2.42. The van der Waals surface area contributed by atoms with Gasteiger partial charge < -0.3 is 34.1 Å². The van der Waals surface area contributed by atoms with Crippen molar-refractivity contribution in [2.75, 3.05) is 67.0 Å². The van der Waals surface area contributed by atoms with Gasteiger partial charge in [-0.1, -0.05) is 0 Å². The van der Waals surface area contributed by atoms with Gasteiger partial charge in [0.2, 0.25) is 5.91 Å². The van der Waals surface area contributed by atoms with E-state index in [0.717, 1.165) is 0 Å². The molecule has 3 atom stereocenters. The number of ketones is 4. The van der Waals surface area contributed by atoms with Crippen LogP contribution in [0.3, 0.4) is 0 Å². The molecule has 0 heterocycles. The standard InChI is InChI=1S/C30H34N2O11/c1-39-11-13-41-9-7-31-29(37)23-25(33)19-5-3-17(15-21(19)27(23)35)43-18-4-6-20-22(16-18)28(36)24(26(20)34)30(38)32-8-10-42-14-12-40-2/h3-6,15-16,23-24,29,31,37H,7-14H2,1-2H3,(H,32,38). The Kier molecular flexibility index (Phi) is 11.2. The minimum atomic E-state index is -1.50. The summed E-state index contributed by atoms with van der Waals surface area (Å²) in [6.07, 6.45) is -1.41. The molecule has 13 nitrogen and oxygen atoms in total. The molecule has 0 fully saturated rings. The SMILES string of the molecule is COCCOCCNC(=O)C1C(=O)c2ccc(Oc3ccc4c(c3)C(=O)C(C(O)NCCOCCOC)C4=O)cc2C1=O. The molecule has 2 aliphatic rings. The van der Waals surface area contributed by atoms with Gasteiger partial charge in [0.15, 0.2) is 29.1 Å². The molecular weight excluding hydrogens is 564 g/mol. The van der Waals surface area contributed by atoms with Crippen LogP contribution in [0.25, 0.3) is 0 Å². The first-order chi connectivity index (χ1) is 20.8. The van der Waals surface area contributed by atoms with E-state index in [1.54, 1.807) is 7.11 Å². The summed E-state index contributed by atoms with van der Waals surface area (Å²) in [4.78, 5) is 64.3. The molecule has 0 spiro atoms. The molecule has 0 bridgehead atoms. The Morgan fingerprint density at radius 3 is 1.84 bits per heavy atom. The fraction of sp³-hybridized carbons (Fsp3) is 0.433. The fourth-order valence-electron chi connectivity index (χ4n) is 4.79. The van der Waals surface area contributed by atoms with Crippen LogP contribution in [0.4, 0.5) is 0 Å². The number of rotatable bonds is 17. The van der Waals surface area contributed by atoms with Gasteiger partial charge >= 0.3 is 0 Å².